The second-order valence-electron chi connectivity index (χ2n) is 4.41. The average Bonchev–Trinajstić information content (AvgIpc) is 2.36. The van der Waals surface area contributed by atoms with Crippen LogP contribution >= 0.6 is 0 Å². The van der Waals surface area contributed by atoms with Gasteiger partial charge < -0.3 is 5.73 Å². The maximum absolute atomic E-state index is 13.5. The van der Waals surface area contributed by atoms with Crippen LogP contribution in [0.15, 0.2) is 36.4 Å². The predicted molar refractivity (Wildman–Crippen MR) is 70.0 cm³/mol. The van der Waals surface area contributed by atoms with Gasteiger partial charge in [0.1, 0.15) is 11.6 Å². The standard InChI is InChI=1S/C15H13F2NO/c1-9-2-3-11(6-14(9)18)15(19)7-10-4-5-12(16)8-13(10)17/h2-6,8H,7,18H2,1H3. The zero-order valence-electron chi connectivity index (χ0n) is 10.4. The molecule has 0 aliphatic carbocycles. The van der Waals surface area contributed by atoms with Crippen molar-refractivity contribution in [3.05, 3.63) is 64.7 Å². The Morgan fingerprint density at radius 1 is 1.16 bits per heavy atom. The van der Waals surface area contributed by atoms with E-state index in [0.29, 0.717) is 11.3 Å². The third-order valence-corrected chi connectivity index (χ3v) is 2.97. The molecule has 0 bridgehead atoms. The molecule has 2 nitrogen and oxygen atoms in total. The Hall–Kier alpha value is -2.23. The number of Topliss-reactive ketones (excluding diaryl/α,β-unsaturated/α-hetero) is 1. The van der Waals surface area contributed by atoms with Crippen LogP contribution in [-0.2, 0) is 6.42 Å². The number of hydrogen-bond acceptors (Lipinski definition) is 2. The Bertz CT molecular complexity index is 638. The lowest BCUT2D eigenvalue weighted by Gasteiger charge is -2.05. The molecule has 0 heterocycles. The van der Waals surface area contributed by atoms with Gasteiger partial charge >= 0.3 is 0 Å². The number of nitrogen functional groups attached to an aromatic ring is 1. The summed E-state index contributed by atoms with van der Waals surface area (Å²) in [5, 5.41) is 0. The predicted octanol–water partition coefficient (Wildman–Crippen LogP) is 3.28. The van der Waals surface area contributed by atoms with Crippen molar-refractivity contribution in [2.45, 2.75) is 13.3 Å². The molecule has 0 aliphatic rings. The van der Waals surface area contributed by atoms with Gasteiger partial charge in [-0.2, -0.15) is 0 Å². The molecule has 98 valence electrons. The van der Waals surface area contributed by atoms with E-state index in [0.717, 1.165) is 17.7 Å². The Kier molecular flexibility index (Phi) is 3.60. The Morgan fingerprint density at radius 2 is 1.89 bits per heavy atom. The van der Waals surface area contributed by atoms with Gasteiger partial charge in [-0.05, 0) is 30.2 Å². The van der Waals surface area contributed by atoms with Gasteiger partial charge in [0.25, 0.3) is 0 Å². The molecule has 2 aromatic rings. The summed E-state index contributed by atoms with van der Waals surface area (Å²) in [6.45, 7) is 1.84. The highest BCUT2D eigenvalue weighted by molar-refractivity contribution is 5.98. The molecule has 2 aromatic carbocycles. The first-order valence-corrected chi connectivity index (χ1v) is 5.80. The zero-order chi connectivity index (χ0) is 14.0. The Labute approximate surface area is 109 Å². The minimum atomic E-state index is -0.714. The van der Waals surface area contributed by atoms with Gasteiger partial charge in [-0.25, -0.2) is 8.78 Å². The van der Waals surface area contributed by atoms with E-state index in [-0.39, 0.29) is 17.8 Å². The number of carbonyl (C=O) groups is 1. The van der Waals surface area contributed by atoms with E-state index in [2.05, 4.69) is 0 Å². The SMILES string of the molecule is Cc1ccc(C(=O)Cc2ccc(F)cc2F)cc1N. The normalized spacial score (nSPS) is 10.5. The van der Waals surface area contributed by atoms with Crippen LogP contribution in [0, 0.1) is 18.6 Å². The number of carbonyl (C=O) groups excluding carboxylic acids is 1. The third-order valence-electron chi connectivity index (χ3n) is 2.97. The van der Waals surface area contributed by atoms with Gasteiger partial charge in [0.15, 0.2) is 5.78 Å². The van der Waals surface area contributed by atoms with Crippen LogP contribution in [0.25, 0.3) is 0 Å². The molecule has 4 heteroatoms. The molecule has 0 fully saturated rings. The van der Waals surface area contributed by atoms with Crippen LogP contribution < -0.4 is 5.73 Å². The fourth-order valence-electron chi connectivity index (χ4n) is 1.75. The number of aryl methyl sites for hydroxylation is 1. The second kappa shape index (κ2) is 5.18. The fraction of sp³-hybridized carbons (Fsp3) is 0.133. The van der Waals surface area contributed by atoms with Gasteiger partial charge in [0, 0.05) is 23.7 Å². The van der Waals surface area contributed by atoms with Gasteiger partial charge in [-0.3, -0.25) is 4.79 Å². The number of nitrogens with two attached hydrogens (primary N) is 1. The maximum atomic E-state index is 13.5. The number of anilines is 1. The summed E-state index contributed by atoms with van der Waals surface area (Å²) in [7, 11) is 0. The molecular formula is C15H13F2NO. The summed E-state index contributed by atoms with van der Waals surface area (Å²) in [5.41, 5.74) is 7.72. The smallest absolute Gasteiger partial charge is 0.167 e. The molecule has 2 rings (SSSR count). The highest BCUT2D eigenvalue weighted by Gasteiger charge is 2.12. The first kappa shape index (κ1) is 13.2. The topological polar surface area (TPSA) is 43.1 Å². The van der Waals surface area contributed by atoms with E-state index in [1.165, 1.54) is 6.07 Å². The minimum Gasteiger partial charge on any atom is -0.398 e. The fourth-order valence-corrected chi connectivity index (χ4v) is 1.75. The molecule has 0 spiro atoms. The molecule has 0 aliphatic heterocycles. The first-order valence-electron chi connectivity index (χ1n) is 5.80. The summed E-state index contributed by atoms with van der Waals surface area (Å²) < 4.78 is 26.2. The number of ketones is 1. The quantitative estimate of drug-likeness (QED) is 0.680. The van der Waals surface area contributed by atoms with E-state index < -0.39 is 11.6 Å². The molecule has 0 radical (unpaired) electrons. The monoisotopic (exact) mass is 261 g/mol. The van der Waals surface area contributed by atoms with Crippen LogP contribution in [-0.4, -0.2) is 5.78 Å². The molecular weight excluding hydrogens is 248 g/mol. The van der Waals surface area contributed by atoms with Gasteiger partial charge in [0.05, 0.1) is 0 Å². The third kappa shape index (κ3) is 2.96. The summed E-state index contributed by atoms with van der Waals surface area (Å²) in [6.07, 6.45) is -0.116. The molecule has 19 heavy (non-hydrogen) atoms. The van der Waals surface area contributed by atoms with Crippen LogP contribution in [0.3, 0.4) is 0 Å². The second-order valence-corrected chi connectivity index (χ2v) is 4.41. The van der Waals surface area contributed by atoms with Crippen molar-refractivity contribution in [3.8, 4) is 0 Å². The minimum absolute atomic E-state index is 0.116. The summed E-state index contributed by atoms with van der Waals surface area (Å²) in [6, 6.07) is 8.14. The molecule has 2 N–H and O–H groups in total. The van der Waals surface area contributed by atoms with E-state index in [4.69, 9.17) is 5.73 Å². The van der Waals surface area contributed by atoms with Crippen LogP contribution in [0.1, 0.15) is 21.5 Å². The first-order chi connectivity index (χ1) is 8.97. The molecule has 0 unspecified atom stereocenters. The Morgan fingerprint density at radius 3 is 2.53 bits per heavy atom. The van der Waals surface area contributed by atoms with Crippen LogP contribution in [0.2, 0.25) is 0 Å². The highest BCUT2D eigenvalue weighted by Crippen LogP contribution is 2.17. The van der Waals surface area contributed by atoms with Crippen molar-refractivity contribution >= 4 is 11.5 Å². The number of hydrogen-bond donors (Lipinski definition) is 1. The van der Waals surface area contributed by atoms with Crippen LogP contribution in [0.5, 0.6) is 0 Å². The van der Waals surface area contributed by atoms with Gasteiger partial charge in [-0.15, -0.1) is 0 Å². The van der Waals surface area contributed by atoms with Gasteiger partial charge in [-0.1, -0.05) is 18.2 Å². The highest BCUT2D eigenvalue weighted by atomic mass is 19.1. The summed E-state index contributed by atoms with van der Waals surface area (Å²) in [4.78, 5) is 12.0. The average molecular weight is 261 g/mol. The lowest BCUT2D eigenvalue weighted by atomic mass is 10.0. The van der Waals surface area contributed by atoms with E-state index in [1.54, 1.807) is 18.2 Å². The van der Waals surface area contributed by atoms with Crippen molar-refractivity contribution in [1.82, 2.24) is 0 Å². The lowest BCUT2D eigenvalue weighted by molar-refractivity contribution is 0.0992. The van der Waals surface area contributed by atoms with Gasteiger partial charge in [0.2, 0.25) is 0 Å². The van der Waals surface area contributed by atoms with Crippen molar-refractivity contribution in [2.75, 3.05) is 5.73 Å². The zero-order valence-corrected chi connectivity index (χ0v) is 10.4. The Balaban J connectivity index is 2.23. The van der Waals surface area contributed by atoms with E-state index >= 15 is 0 Å². The van der Waals surface area contributed by atoms with Crippen molar-refractivity contribution in [3.63, 3.8) is 0 Å². The van der Waals surface area contributed by atoms with Crippen molar-refractivity contribution in [2.24, 2.45) is 0 Å². The number of rotatable bonds is 3. The van der Waals surface area contributed by atoms with E-state index in [9.17, 15) is 13.6 Å². The summed E-state index contributed by atoms with van der Waals surface area (Å²) in [5.74, 6) is -1.63. The summed E-state index contributed by atoms with van der Waals surface area (Å²) >= 11 is 0. The molecule has 0 amide bonds. The largest absolute Gasteiger partial charge is 0.398 e. The lowest BCUT2D eigenvalue weighted by Crippen LogP contribution is -2.06. The molecule has 0 aromatic heterocycles. The molecule has 0 atom stereocenters. The molecule has 0 saturated carbocycles. The van der Waals surface area contributed by atoms with Crippen LogP contribution in [0.4, 0.5) is 14.5 Å². The van der Waals surface area contributed by atoms with Crippen molar-refractivity contribution in [1.29, 1.82) is 0 Å². The van der Waals surface area contributed by atoms with Crippen molar-refractivity contribution < 1.29 is 13.6 Å². The molecule has 0 saturated heterocycles. The number of halogens is 2. The van der Waals surface area contributed by atoms with E-state index in [1.807, 2.05) is 6.92 Å². The maximum Gasteiger partial charge on any atom is 0.167 e. The number of benzene rings is 2.